The third kappa shape index (κ3) is 4.44. The van der Waals surface area contributed by atoms with Gasteiger partial charge in [0.25, 0.3) is 0 Å². The Balaban J connectivity index is 1.58. The van der Waals surface area contributed by atoms with Gasteiger partial charge in [-0.3, -0.25) is 9.28 Å². The molecule has 0 bridgehead atoms. The second-order valence-electron chi connectivity index (χ2n) is 9.31. The van der Waals surface area contributed by atoms with E-state index in [0.29, 0.717) is 30.3 Å². The third-order valence-corrected chi connectivity index (χ3v) is 7.70. The first-order valence-corrected chi connectivity index (χ1v) is 12.3. The number of nitrogens with one attached hydrogen (secondary N) is 1. The zero-order valence-corrected chi connectivity index (χ0v) is 19.5. The van der Waals surface area contributed by atoms with Crippen LogP contribution in [0.2, 0.25) is 0 Å². The number of aryl methyl sites for hydroxylation is 1. The van der Waals surface area contributed by atoms with Gasteiger partial charge >= 0.3 is 5.97 Å². The summed E-state index contributed by atoms with van der Waals surface area (Å²) in [6.07, 6.45) is 2.03. The van der Waals surface area contributed by atoms with E-state index >= 15 is 0 Å². The molecule has 0 radical (unpaired) electrons. The van der Waals surface area contributed by atoms with Crippen molar-refractivity contribution in [3.8, 4) is 0 Å². The fraction of sp³-hybridized carbons (Fsp3) is 0.375. The SMILES string of the molecule is C[N+](C)(C)c1ccc(S(=O)(=O)N[C@H]2CCc3c(c4ccccc4n3CCC(=O)O)C2)cc1. The standard InChI is InChI=1S/C24H29N3O4S/c1-27(2,3)18-9-11-19(12-10-18)32(30,31)25-17-8-13-23-21(16-17)20-6-4-5-7-22(20)26(23)15-14-24(28)29/h4-7,9-12,17,25H,8,13-16H2,1-3H3/p+1/t17-/m0/s1. The van der Waals surface area contributed by atoms with Gasteiger partial charge in [0.15, 0.2) is 0 Å². The first-order chi connectivity index (χ1) is 15.1. The van der Waals surface area contributed by atoms with Crippen LogP contribution in [0.25, 0.3) is 10.9 Å². The Morgan fingerprint density at radius 2 is 1.81 bits per heavy atom. The van der Waals surface area contributed by atoms with E-state index in [1.54, 1.807) is 12.1 Å². The van der Waals surface area contributed by atoms with Gasteiger partial charge in [0.2, 0.25) is 10.0 Å². The number of sulfonamides is 1. The molecule has 0 saturated carbocycles. The molecule has 3 aromatic rings. The summed E-state index contributed by atoms with van der Waals surface area (Å²) >= 11 is 0. The van der Waals surface area contributed by atoms with Crippen molar-refractivity contribution in [1.82, 2.24) is 13.8 Å². The number of aromatic nitrogens is 1. The maximum Gasteiger partial charge on any atom is 0.305 e. The van der Waals surface area contributed by atoms with Gasteiger partial charge in [-0.15, -0.1) is 0 Å². The van der Waals surface area contributed by atoms with Crippen LogP contribution in [0, 0.1) is 0 Å². The van der Waals surface area contributed by atoms with Crippen molar-refractivity contribution in [2.75, 3.05) is 21.1 Å². The second kappa shape index (κ2) is 8.35. The second-order valence-corrected chi connectivity index (χ2v) is 11.0. The number of carbonyl (C=O) groups is 1. The maximum absolute atomic E-state index is 13.0. The quantitative estimate of drug-likeness (QED) is 0.535. The molecule has 4 rings (SSSR count). The van der Waals surface area contributed by atoms with E-state index in [9.17, 15) is 13.2 Å². The fourth-order valence-corrected chi connectivity index (χ4v) is 5.79. The average molecular weight is 457 g/mol. The molecule has 0 fully saturated rings. The van der Waals surface area contributed by atoms with Gasteiger partial charge in [0.05, 0.1) is 32.5 Å². The van der Waals surface area contributed by atoms with Crippen LogP contribution >= 0.6 is 0 Å². The molecule has 7 nitrogen and oxygen atoms in total. The number of carboxylic acids is 1. The Morgan fingerprint density at radius 1 is 1.12 bits per heavy atom. The van der Waals surface area contributed by atoms with E-state index in [4.69, 9.17) is 5.11 Å². The molecule has 0 aliphatic heterocycles. The van der Waals surface area contributed by atoms with Crippen LogP contribution in [0.15, 0.2) is 53.4 Å². The number of rotatable bonds is 7. The number of carboxylic acid groups (broad SMARTS) is 1. The van der Waals surface area contributed by atoms with Crippen LogP contribution in [0.1, 0.15) is 24.1 Å². The summed E-state index contributed by atoms with van der Waals surface area (Å²) in [7, 11) is 2.47. The zero-order valence-electron chi connectivity index (χ0n) is 18.7. The van der Waals surface area contributed by atoms with Gasteiger partial charge in [0.1, 0.15) is 5.69 Å². The Morgan fingerprint density at radius 3 is 2.47 bits per heavy atom. The molecule has 1 atom stereocenters. The highest BCUT2D eigenvalue weighted by molar-refractivity contribution is 7.89. The van der Waals surface area contributed by atoms with Crippen molar-refractivity contribution >= 4 is 32.6 Å². The Kier molecular flexibility index (Phi) is 5.87. The smallest absolute Gasteiger partial charge is 0.305 e. The summed E-state index contributed by atoms with van der Waals surface area (Å²) in [5.74, 6) is -0.825. The minimum absolute atomic E-state index is 0.0600. The lowest BCUT2D eigenvalue weighted by Gasteiger charge is -2.25. The first-order valence-electron chi connectivity index (χ1n) is 10.8. The lowest BCUT2D eigenvalue weighted by molar-refractivity contribution is -0.137. The maximum atomic E-state index is 13.0. The van der Waals surface area contributed by atoms with Crippen LogP contribution < -0.4 is 9.21 Å². The van der Waals surface area contributed by atoms with Gasteiger partial charge in [0, 0.05) is 41.3 Å². The van der Waals surface area contributed by atoms with Crippen molar-refractivity contribution in [1.29, 1.82) is 0 Å². The van der Waals surface area contributed by atoms with Crippen molar-refractivity contribution in [3.63, 3.8) is 0 Å². The first kappa shape index (κ1) is 22.5. The Labute approximate surface area is 188 Å². The van der Waals surface area contributed by atoms with Crippen LogP contribution in [0.4, 0.5) is 5.69 Å². The zero-order chi connectivity index (χ0) is 23.1. The Hall–Kier alpha value is -2.68. The van der Waals surface area contributed by atoms with E-state index in [0.717, 1.165) is 27.8 Å². The van der Waals surface area contributed by atoms with E-state index in [-0.39, 0.29) is 17.4 Å². The van der Waals surface area contributed by atoms with Crippen LogP contribution in [0.5, 0.6) is 0 Å². The Bertz CT molecular complexity index is 1250. The highest BCUT2D eigenvalue weighted by Crippen LogP contribution is 2.33. The molecular weight excluding hydrogens is 426 g/mol. The molecule has 0 unspecified atom stereocenters. The number of para-hydroxylation sites is 1. The number of aliphatic carboxylic acids is 1. The number of fused-ring (bicyclic) bond motifs is 3. The molecule has 0 saturated heterocycles. The summed E-state index contributed by atoms with van der Waals surface area (Å²) in [5, 5.41) is 10.2. The van der Waals surface area contributed by atoms with E-state index < -0.39 is 16.0 Å². The number of benzene rings is 2. The number of hydrogen-bond donors (Lipinski definition) is 2. The number of quaternary nitrogens is 1. The van der Waals surface area contributed by atoms with Crippen molar-refractivity contribution in [2.45, 2.75) is 43.2 Å². The number of hydrogen-bond acceptors (Lipinski definition) is 3. The van der Waals surface area contributed by atoms with Crippen molar-refractivity contribution in [3.05, 3.63) is 59.8 Å². The summed E-state index contributed by atoms with van der Waals surface area (Å²) in [5.41, 5.74) is 4.28. The minimum Gasteiger partial charge on any atom is -0.481 e. The van der Waals surface area contributed by atoms with E-state index in [1.165, 1.54) is 0 Å². The molecule has 1 heterocycles. The van der Waals surface area contributed by atoms with Gasteiger partial charge in [-0.1, -0.05) is 18.2 Å². The predicted octanol–water partition coefficient (Wildman–Crippen LogP) is 3.15. The van der Waals surface area contributed by atoms with Gasteiger partial charge in [-0.25, -0.2) is 13.1 Å². The topological polar surface area (TPSA) is 88.4 Å². The van der Waals surface area contributed by atoms with Gasteiger partial charge < -0.3 is 9.67 Å². The normalized spacial score (nSPS) is 16.8. The van der Waals surface area contributed by atoms with Gasteiger partial charge in [-0.2, -0.15) is 0 Å². The largest absolute Gasteiger partial charge is 0.481 e. The summed E-state index contributed by atoms with van der Waals surface area (Å²) in [4.78, 5) is 11.4. The monoisotopic (exact) mass is 456 g/mol. The van der Waals surface area contributed by atoms with Crippen LogP contribution in [-0.2, 0) is 34.2 Å². The average Bonchev–Trinajstić information content (AvgIpc) is 3.04. The van der Waals surface area contributed by atoms with Gasteiger partial charge in [-0.05, 0) is 43.0 Å². The summed E-state index contributed by atoms with van der Waals surface area (Å²) < 4.78 is 31.7. The molecule has 0 spiro atoms. The molecule has 170 valence electrons. The lowest BCUT2D eigenvalue weighted by Crippen LogP contribution is -2.39. The van der Waals surface area contributed by atoms with E-state index in [1.807, 2.05) is 57.5 Å². The minimum atomic E-state index is -3.63. The van der Waals surface area contributed by atoms with Crippen LogP contribution in [-0.4, -0.2) is 51.2 Å². The predicted molar refractivity (Wildman–Crippen MR) is 126 cm³/mol. The fourth-order valence-electron chi connectivity index (χ4n) is 4.52. The summed E-state index contributed by atoms with van der Waals surface area (Å²) in [6, 6.07) is 14.8. The third-order valence-electron chi connectivity index (χ3n) is 6.17. The van der Waals surface area contributed by atoms with E-state index in [2.05, 4.69) is 9.29 Å². The van der Waals surface area contributed by atoms with Crippen molar-refractivity contribution in [2.24, 2.45) is 0 Å². The summed E-state index contributed by atoms with van der Waals surface area (Å²) in [6.45, 7) is 0.417. The molecule has 1 aromatic heterocycles. The highest BCUT2D eigenvalue weighted by Gasteiger charge is 2.29. The number of nitrogens with zero attached hydrogens (tertiary/aromatic N) is 2. The van der Waals surface area contributed by atoms with Crippen molar-refractivity contribution < 1.29 is 18.3 Å². The molecule has 1 aliphatic carbocycles. The molecule has 0 amide bonds. The molecule has 2 N–H and O–H groups in total. The molecule has 1 aliphatic rings. The highest BCUT2D eigenvalue weighted by atomic mass is 32.2. The molecule has 2 aromatic carbocycles. The van der Waals surface area contributed by atoms with Crippen LogP contribution in [0.3, 0.4) is 0 Å². The molecule has 32 heavy (non-hydrogen) atoms. The lowest BCUT2D eigenvalue weighted by atomic mass is 9.92. The molecular formula is C24H30N3O4S+. The molecule has 8 heteroatoms.